The predicted molar refractivity (Wildman–Crippen MR) is 78.7 cm³/mol. The van der Waals surface area contributed by atoms with Gasteiger partial charge in [-0.05, 0) is 6.92 Å². The molecule has 22 heavy (non-hydrogen) atoms. The Morgan fingerprint density at radius 3 is 2.55 bits per heavy atom. The number of rotatable bonds is 6. The topological polar surface area (TPSA) is 94.9 Å². The van der Waals surface area contributed by atoms with Crippen molar-refractivity contribution in [3.8, 4) is 6.07 Å². The molecule has 0 atom stereocenters. The zero-order valence-electron chi connectivity index (χ0n) is 13.0. The number of carbonyl (C=O) groups is 2. The molecular formula is C14H22N4O4. The monoisotopic (exact) mass is 310 g/mol. The molecule has 1 N–H and O–H groups in total. The van der Waals surface area contributed by atoms with Crippen LogP contribution in [0.5, 0.6) is 0 Å². The van der Waals surface area contributed by atoms with Gasteiger partial charge in [0.2, 0.25) is 0 Å². The summed E-state index contributed by atoms with van der Waals surface area (Å²) in [5.41, 5.74) is 0.0423. The van der Waals surface area contributed by atoms with Crippen molar-refractivity contribution >= 4 is 12.0 Å². The first-order valence-electron chi connectivity index (χ1n) is 7.17. The summed E-state index contributed by atoms with van der Waals surface area (Å²) in [6, 6.07) is 1.89. The lowest BCUT2D eigenvalue weighted by Gasteiger charge is -2.33. The summed E-state index contributed by atoms with van der Waals surface area (Å²) >= 11 is 0. The Morgan fingerprint density at radius 1 is 1.32 bits per heavy atom. The number of carbonyl (C=O) groups excluding carboxylic acids is 2. The van der Waals surface area contributed by atoms with Crippen LogP contribution in [0.25, 0.3) is 0 Å². The zero-order chi connectivity index (χ0) is 16.4. The normalized spacial score (nSPS) is 15.2. The van der Waals surface area contributed by atoms with Crippen molar-refractivity contribution in [2.45, 2.75) is 6.92 Å². The summed E-state index contributed by atoms with van der Waals surface area (Å²) < 4.78 is 9.77. The van der Waals surface area contributed by atoms with Crippen molar-refractivity contribution < 1.29 is 19.1 Å². The summed E-state index contributed by atoms with van der Waals surface area (Å²) in [5, 5.41) is 11.7. The zero-order valence-corrected chi connectivity index (χ0v) is 13.0. The number of piperazine rings is 1. The molecule has 0 bridgehead atoms. The van der Waals surface area contributed by atoms with Gasteiger partial charge in [-0.15, -0.1) is 0 Å². The fraction of sp³-hybridized carbons (Fsp3) is 0.643. The van der Waals surface area contributed by atoms with Crippen LogP contribution < -0.4 is 5.32 Å². The molecule has 0 aliphatic carbocycles. The lowest BCUT2D eigenvalue weighted by Crippen LogP contribution is -2.47. The molecule has 0 aromatic carbocycles. The molecule has 1 aliphatic heterocycles. The molecule has 0 saturated carbocycles. The lowest BCUT2D eigenvalue weighted by molar-refractivity contribution is -0.117. The largest absolute Gasteiger partial charge is 0.450 e. The second kappa shape index (κ2) is 9.63. The van der Waals surface area contributed by atoms with Crippen LogP contribution in [0.2, 0.25) is 0 Å². The van der Waals surface area contributed by atoms with E-state index in [9.17, 15) is 9.59 Å². The molecule has 8 nitrogen and oxygen atoms in total. The third-order valence-corrected chi connectivity index (χ3v) is 3.11. The number of hydrogen-bond donors (Lipinski definition) is 1. The van der Waals surface area contributed by atoms with Gasteiger partial charge >= 0.3 is 6.09 Å². The van der Waals surface area contributed by atoms with Gasteiger partial charge in [-0.25, -0.2) is 4.79 Å². The van der Waals surface area contributed by atoms with E-state index in [1.807, 2.05) is 11.0 Å². The minimum absolute atomic E-state index is 0.0423. The first-order valence-corrected chi connectivity index (χ1v) is 7.17. The second-order valence-electron chi connectivity index (χ2n) is 4.63. The fourth-order valence-electron chi connectivity index (χ4n) is 1.93. The molecule has 0 unspecified atom stereocenters. The minimum Gasteiger partial charge on any atom is -0.450 e. The molecule has 122 valence electrons. The number of nitrogens with zero attached hydrogens (tertiary/aromatic N) is 3. The number of methoxy groups -OCH3 is 1. The molecule has 0 aromatic heterocycles. The van der Waals surface area contributed by atoms with Gasteiger partial charge in [0.05, 0.1) is 13.2 Å². The Kier molecular flexibility index (Phi) is 7.78. The number of amides is 2. The summed E-state index contributed by atoms with van der Waals surface area (Å²) in [6.07, 6.45) is 1.20. The standard InChI is InChI=1S/C14H22N4O4/c1-3-22-14(20)18-7-5-17(6-8-18)11-12(10-15)13(19)16-4-9-21-2/h11H,3-9H2,1-2H3,(H,16,19)/b12-11-. The van der Waals surface area contributed by atoms with Gasteiger partial charge in [-0.2, -0.15) is 5.26 Å². The van der Waals surface area contributed by atoms with Gasteiger partial charge in [-0.3, -0.25) is 4.79 Å². The Balaban J connectivity index is 2.49. The number of nitrogens with one attached hydrogen (secondary N) is 1. The van der Waals surface area contributed by atoms with Gasteiger partial charge in [0.1, 0.15) is 11.6 Å². The van der Waals surface area contributed by atoms with Crippen LogP contribution in [0, 0.1) is 11.3 Å². The van der Waals surface area contributed by atoms with Crippen LogP contribution in [-0.4, -0.2) is 74.8 Å². The van der Waals surface area contributed by atoms with E-state index in [0.29, 0.717) is 45.9 Å². The molecule has 1 aliphatic rings. The van der Waals surface area contributed by atoms with Crippen molar-refractivity contribution in [2.75, 3.05) is 53.0 Å². The van der Waals surface area contributed by atoms with Crippen LogP contribution in [-0.2, 0) is 14.3 Å². The molecular weight excluding hydrogens is 288 g/mol. The number of ether oxygens (including phenoxy) is 2. The lowest BCUT2D eigenvalue weighted by atomic mass is 10.2. The highest BCUT2D eigenvalue weighted by Gasteiger charge is 2.21. The SMILES string of the molecule is CCOC(=O)N1CCN(/C=C(/C#N)C(=O)NCCOC)CC1. The van der Waals surface area contributed by atoms with Gasteiger partial charge in [0.15, 0.2) is 0 Å². The highest BCUT2D eigenvalue weighted by Crippen LogP contribution is 2.06. The van der Waals surface area contributed by atoms with E-state index < -0.39 is 5.91 Å². The van der Waals surface area contributed by atoms with Gasteiger partial charge in [-0.1, -0.05) is 0 Å². The molecule has 1 saturated heterocycles. The summed E-state index contributed by atoms with van der Waals surface area (Å²) in [7, 11) is 1.54. The van der Waals surface area contributed by atoms with Crippen molar-refractivity contribution in [3.63, 3.8) is 0 Å². The Hall–Kier alpha value is -2.27. The van der Waals surface area contributed by atoms with E-state index in [-0.39, 0.29) is 11.7 Å². The Bertz CT molecular complexity index is 450. The first-order chi connectivity index (χ1) is 10.6. The summed E-state index contributed by atoms with van der Waals surface area (Å²) in [5.74, 6) is -0.424. The van der Waals surface area contributed by atoms with Gasteiger partial charge in [0, 0.05) is 46.0 Å². The molecule has 2 amide bonds. The smallest absolute Gasteiger partial charge is 0.409 e. The van der Waals surface area contributed by atoms with E-state index in [1.54, 1.807) is 11.8 Å². The molecule has 1 fully saturated rings. The highest BCUT2D eigenvalue weighted by atomic mass is 16.6. The van der Waals surface area contributed by atoms with Crippen LogP contribution in [0.3, 0.4) is 0 Å². The van der Waals surface area contributed by atoms with Crippen molar-refractivity contribution in [3.05, 3.63) is 11.8 Å². The average Bonchev–Trinajstić information content (AvgIpc) is 2.53. The molecule has 0 aromatic rings. The maximum Gasteiger partial charge on any atom is 0.409 e. The first kappa shape index (κ1) is 17.8. The maximum absolute atomic E-state index is 11.8. The quantitative estimate of drug-likeness (QED) is 0.419. The minimum atomic E-state index is -0.424. The van der Waals surface area contributed by atoms with Crippen molar-refractivity contribution in [1.29, 1.82) is 5.26 Å². The van der Waals surface area contributed by atoms with E-state index >= 15 is 0 Å². The third-order valence-electron chi connectivity index (χ3n) is 3.11. The fourth-order valence-corrected chi connectivity index (χ4v) is 1.93. The molecule has 1 heterocycles. The Morgan fingerprint density at radius 2 is 2.00 bits per heavy atom. The van der Waals surface area contributed by atoms with Crippen LogP contribution in [0.15, 0.2) is 11.8 Å². The maximum atomic E-state index is 11.8. The van der Waals surface area contributed by atoms with Crippen molar-refractivity contribution in [1.82, 2.24) is 15.1 Å². The molecule has 0 spiro atoms. The van der Waals surface area contributed by atoms with Crippen molar-refractivity contribution in [2.24, 2.45) is 0 Å². The van der Waals surface area contributed by atoms with E-state index in [1.165, 1.54) is 13.3 Å². The summed E-state index contributed by atoms with van der Waals surface area (Å²) in [4.78, 5) is 26.9. The molecule has 0 radical (unpaired) electrons. The predicted octanol–water partition coefficient (Wildman–Crippen LogP) is -0.0694. The van der Waals surface area contributed by atoms with Gasteiger partial charge < -0.3 is 24.6 Å². The number of nitriles is 1. The van der Waals surface area contributed by atoms with E-state index in [0.717, 1.165) is 0 Å². The second-order valence-corrected chi connectivity index (χ2v) is 4.63. The van der Waals surface area contributed by atoms with Gasteiger partial charge in [0.25, 0.3) is 5.91 Å². The Labute approximate surface area is 130 Å². The summed E-state index contributed by atoms with van der Waals surface area (Å²) in [6.45, 7) is 4.95. The molecule has 8 heteroatoms. The third kappa shape index (κ3) is 5.61. The van der Waals surface area contributed by atoms with E-state index in [2.05, 4.69) is 5.32 Å². The number of hydrogen-bond acceptors (Lipinski definition) is 6. The van der Waals surface area contributed by atoms with E-state index in [4.69, 9.17) is 14.7 Å². The van der Waals surface area contributed by atoms with Crippen LogP contribution in [0.4, 0.5) is 4.79 Å². The average molecular weight is 310 g/mol. The van der Waals surface area contributed by atoms with Crippen LogP contribution >= 0.6 is 0 Å². The highest BCUT2D eigenvalue weighted by molar-refractivity contribution is 5.97. The van der Waals surface area contributed by atoms with Crippen LogP contribution in [0.1, 0.15) is 6.92 Å². The molecule has 1 rings (SSSR count).